The molecule has 0 aromatic heterocycles. The minimum Gasteiger partial charge on any atom is -0.426 e. The van der Waals surface area contributed by atoms with E-state index in [1.54, 1.807) is 13.1 Å². The minimum absolute atomic E-state index is 0.129. The molecule has 0 unspecified atom stereocenters. The highest BCUT2D eigenvalue weighted by Crippen LogP contribution is 2.46. The third-order valence-corrected chi connectivity index (χ3v) is 4.68. The molecular weight excluding hydrogens is 296 g/mol. The van der Waals surface area contributed by atoms with Crippen LogP contribution in [0.1, 0.15) is 19.4 Å². The Morgan fingerprint density at radius 3 is 2.41 bits per heavy atom. The third kappa shape index (κ3) is 2.04. The Balaban J connectivity index is 2.00. The number of nitrogens with zero attached hydrogens (tertiary/aromatic N) is 2. The first-order chi connectivity index (χ1) is 10.3. The smallest absolute Gasteiger partial charge is 0.296 e. The zero-order valence-corrected chi connectivity index (χ0v) is 13.9. The normalized spacial score (nSPS) is 23.5. The van der Waals surface area contributed by atoms with Crippen molar-refractivity contribution in [2.75, 3.05) is 19.0 Å². The van der Waals surface area contributed by atoms with Gasteiger partial charge in [-0.3, -0.25) is 9.69 Å². The first-order valence-corrected chi connectivity index (χ1v) is 7.50. The van der Waals surface area contributed by atoms with Crippen molar-refractivity contribution in [2.24, 2.45) is 0 Å². The van der Waals surface area contributed by atoms with Crippen molar-refractivity contribution in [2.45, 2.75) is 19.3 Å². The number of rotatable bonds is 1. The Morgan fingerprint density at radius 1 is 1.14 bits per heavy atom. The molecule has 0 N–H and O–H groups in total. The monoisotopic (exact) mass is 314 g/mol. The molecule has 2 aliphatic rings. The fourth-order valence-corrected chi connectivity index (χ4v) is 3.19. The van der Waals surface area contributed by atoms with E-state index in [2.05, 4.69) is 30.9 Å². The standard InChI is InChI=1S/C17H18N2O2S/c1-17(2)11-7-5-6-8-12(11)18(3)14(17)10-9-13-15(20)19(4)16(22)21-13/h5-10H,1-4H3/b13-9+,14-10+. The number of likely N-dealkylation sites (N-methyl/N-ethyl adjacent to an activating group) is 2. The maximum atomic E-state index is 12.0. The van der Waals surface area contributed by atoms with Gasteiger partial charge in [-0.25, -0.2) is 0 Å². The molecule has 22 heavy (non-hydrogen) atoms. The molecule has 3 rings (SSSR count). The highest BCUT2D eigenvalue weighted by Gasteiger charge is 2.38. The second-order valence-corrected chi connectivity index (χ2v) is 6.37. The maximum absolute atomic E-state index is 12.0. The molecule has 1 aromatic carbocycles. The summed E-state index contributed by atoms with van der Waals surface area (Å²) in [7, 11) is 3.64. The summed E-state index contributed by atoms with van der Waals surface area (Å²) in [5.74, 6) is 0.0537. The first-order valence-electron chi connectivity index (χ1n) is 7.09. The highest BCUT2D eigenvalue weighted by molar-refractivity contribution is 7.80. The van der Waals surface area contributed by atoms with E-state index in [4.69, 9.17) is 17.0 Å². The summed E-state index contributed by atoms with van der Waals surface area (Å²) < 4.78 is 5.33. The predicted octanol–water partition coefficient (Wildman–Crippen LogP) is 2.96. The molecule has 1 amide bonds. The molecule has 2 aliphatic heterocycles. The van der Waals surface area contributed by atoms with Gasteiger partial charge in [-0.15, -0.1) is 0 Å². The molecule has 1 aromatic rings. The molecular formula is C17H18N2O2S. The number of carbonyl (C=O) groups excluding carboxylic acids is 1. The molecule has 0 radical (unpaired) electrons. The Hall–Kier alpha value is -2.14. The molecule has 1 fully saturated rings. The second kappa shape index (κ2) is 4.95. The van der Waals surface area contributed by atoms with Gasteiger partial charge in [0.15, 0.2) is 5.76 Å². The lowest BCUT2D eigenvalue weighted by atomic mass is 9.84. The van der Waals surface area contributed by atoms with Crippen LogP contribution in [0.5, 0.6) is 0 Å². The number of amides is 1. The molecule has 0 saturated carbocycles. The lowest BCUT2D eigenvalue weighted by Gasteiger charge is -2.23. The minimum atomic E-state index is -0.210. The number of carbonyl (C=O) groups is 1. The van der Waals surface area contributed by atoms with Crippen LogP contribution in [0.3, 0.4) is 0 Å². The van der Waals surface area contributed by atoms with Crippen molar-refractivity contribution in [3.05, 3.63) is 53.4 Å². The van der Waals surface area contributed by atoms with E-state index in [1.807, 2.05) is 25.3 Å². The van der Waals surface area contributed by atoms with Crippen molar-refractivity contribution in [1.82, 2.24) is 4.90 Å². The summed E-state index contributed by atoms with van der Waals surface area (Å²) >= 11 is 4.98. The van der Waals surface area contributed by atoms with Crippen LogP contribution < -0.4 is 4.90 Å². The van der Waals surface area contributed by atoms with Crippen LogP contribution >= 0.6 is 12.2 Å². The van der Waals surface area contributed by atoms with Gasteiger partial charge in [0.05, 0.1) is 0 Å². The summed E-state index contributed by atoms with van der Waals surface area (Å²) in [6.45, 7) is 4.35. The van der Waals surface area contributed by atoms with Crippen molar-refractivity contribution >= 4 is 29.0 Å². The van der Waals surface area contributed by atoms with Crippen LogP contribution in [0.25, 0.3) is 0 Å². The van der Waals surface area contributed by atoms with Gasteiger partial charge in [0.1, 0.15) is 0 Å². The van der Waals surface area contributed by atoms with E-state index in [-0.39, 0.29) is 22.3 Å². The fourth-order valence-electron chi connectivity index (χ4n) is 3.02. The molecule has 0 spiro atoms. The quantitative estimate of drug-likeness (QED) is 0.589. The van der Waals surface area contributed by atoms with E-state index in [0.717, 1.165) is 5.70 Å². The lowest BCUT2D eigenvalue weighted by molar-refractivity contribution is -0.122. The zero-order valence-electron chi connectivity index (χ0n) is 13.1. The summed E-state index contributed by atoms with van der Waals surface area (Å²) in [5, 5.41) is 0.192. The third-order valence-electron chi connectivity index (χ3n) is 4.32. The molecule has 1 saturated heterocycles. The Morgan fingerprint density at radius 2 is 1.82 bits per heavy atom. The number of hydrogen-bond donors (Lipinski definition) is 0. The second-order valence-electron chi connectivity index (χ2n) is 6.02. The molecule has 2 heterocycles. The molecule has 4 nitrogen and oxygen atoms in total. The van der Waals surface area contributed by atoms with E-state index < -0.39 is 0 Å². The highest BCUT2D eigenvalue weighted by atomic mass is 32.1. The molecule has 5 heteroatoms. The maximum Gasteiger partial charge on any atom is 0.296 e. The molecule has 114 valence electrons. The van der Waals surface area contributed by atoms with Crippen LogP contribution in [0.15, 0.2) is 47.9 Å². The van der Waals surface area contributed by atoms with Gasteiger partial charge >= 0.3 is 0 Å². The van der Waals surface area contributed by atoms with E-state index in [0.29, 0.717) is 0 Å². The molecule has 0 bridgehead atoms. The van der Waals surface area contributed by atoms with E-state index in [1.165, 1.54) is 16.2 Å². The summed E-state index contributed by atoms with van der Waals surface area (Å²) in [6, 6.07) is 8.32. The van der Waals surface area contributed by atoms with E-state index >= 15 is 0 Å². The van der Waals surface area contributed by atoms with Crippen LogP contribution in [-0.4, -0.2) is 30.1 Å². The SMILES string of the molecule is CN1C(=O)/C(=C\C=C2\N(C)c3ccccc3C2(C)C)OC1=S. The van der Waals surface area contributed by atoms with Crippen molar-refractivity contribution in [3.63, 3.8) is 0 Å². The van der Waals surface area contributed by atoms with Gasteiger partial charge in [0, 0.05) is 30.9 Å². The van der Waals surface area contributed by atoms with Gasteiger partial charge in [-0.2, -0.15) is 0 Å². The lowest BCUT2D eigenvalue weighted by Crippen LogP contribution is -2.23. The van der Waals surface area contributed by atoms with Gasteiger partial charge in [0.25, 0.3) is 11.1 Å². The largest absolute Gasteiger partial charge is 0.426 e. The number of thiocarbonyl (C=S) groups is 1. The Labute approximate surface area is 135 Å². The van der Waals surface area contributed by atoms with Gasteiger partial charge in [0.2, 0.25) is 0 Å². The average Bonchev–Trinajstić information content (AvgIpc) is 2.84. The summed E-state index contributed by atoms with van der Waals surface area (Å²) in [6.07, 6.45) is 3.65. The van der Waals surface area contributed by atoms with Crippen molar-refractivity contribution < 1.29 is 9.53 Å². The van der Waals surface area contributed by atoms with Gasteiger partial charge in [-0.05, 0) is 36.0 Å². The fraction of sp³-hybridized carbons (Fsp3) is 0.294. The van der Waals surface area contributed by atoms with Crippen LogP contribution in [0, 0.1) is 0 Å². The zero-order chi connectivity index (χ0) is 16.1. The number of anilines is 1. The number of fused-ring (bicyclic) bond motifs is 1. The molecule has 0 aliphatic carbocycles. The number of para-hydroxylation sites is 1. The average molecular weight is 314 g/mol. The van der Waals surface area contributed by atoms with Crippen LogP contribution in [0.2, 0.25) is 0 Å². The number of ether oxygens (including phenoxy) is 1. The Bertz CT molecular complexity index is 734. The van der Waals surface area contributed by atoms with E-state index in [9.17, 15) is 4.79 Å². The number of benzene rings is 1. The summed E-state index contributed by atoms with van der Waals surface area (Å²) in [4.78, 5) is 15.5. The van der Waals surface area contributed by atoms with Crippen molar-refractivity contribution in [1.29, 1.82) is 0 Å². The van der Waals surface area contributed by atoms with Gasteiger partial charge in [-0.1, -0.05) is 32.0 Å². The van der Waals surface area contributed by atoms with Crippen molar-refractivity contribution in [3.8, 4) is 0 Å². The number of hydrogen-bond acceptors (Lipinski definition) is 4. The van der Waals surface area contributed by atoms with Gasteiger partial charge < -0.3 is 9.64 Å². The predicted molar refractivity (Wildman–Crippen MR) is 90.5 cm³/mol. The topological polar surface area (TPSA) is 32.8 Å². The van der Waals surface area contributed by atoms with Crippen LogP contribution in [0.4, 0.5) is 5.69 Å². The summed E-state index contributed by atoms with van der Waals surface area (Å²) in [5.41, 5.74) is 3.44. The molecule has 0 atom stereocenters. The number of allylic oxidation sites excluding steroid dienone is 3. The van der Waals surface area contributed by atoms with Crippen LogP contribution in [-0.2, 0) is 14.9 Å². The first kappa shape index (κ1) is 14.8. The Kier molecular flexibility index (Phi) is 3.33.